The zero-order chi connectivity index (χ0) is 19.5. The summed E-state index contributed by atoms with van der Waals surface area (Å²) in [4.78, 5) is 25.4. The highest BCUT2D eigenvalue weighted by Gasteiger charge is 2.47. The van der Waals surface area contributed by atoms with Crippen LogP contribution in [0.25, 0.3) is 0 Å². The fourth-order valence-corrected chi connectivity index (χ4v) is 2.98. The van der Waals surface area contributed by atoms with Crippen molar-refractivity contribution in [2.24, 2.45) is 0 Å². The maximum Gasteiger partial charge on any atom is 0.197 e. The van der Waals surface area contributed by atoms with E-state index in [0.29, 0.717) is 11.1 Å². The second-order valence-corrected chi connectivity index (χ2v) is 6.49. The van der Waals surface area contributed by atoms with Crippen molar-refractivity contribution in [2.75, 3.05) is 0 Å². The summed E-state index contributed by atoms with van der Waals surface area (Å²) in [6, 6.07) is 13.3. The largest absolute Gasteiger partial charge is 0.386 e. The van der Waals surface area contributed by atoms with Gasteiger partial charge in [0, 0.05) is 11.1 Å². The van der Waals surface area contributed by atoms with Gasteiger partial charge in [-0.25, -0.2) is 0 Å². The molecule has 5 nitrogen and oxygen atoms in total. The van der Waals surface area contributed by atoms with Gasteiger partial charge in [-0.15, -0.1) is 0 Å². The molecular weight excluding hydrogens is 332 g/mol. The normalized spacial score (nSPS) is 15.8. The molecule has 0 aromatic heterocycles. The number of aliphatic hydroxyl groups excluding tert-OH is 2. The fraction of sp³-hybridized carbons (Fsp3) is 0.333. The minimum Gasteiger partial charge on any atom is -0.386 e. The van der Waals surface area contributed by atoms with E-state index in [4.69, 9.17) is 0 Å². The molecule has 0 fully saturated rings. The lowest BCUT2D eigenvalue weighted by Gasteiger charge is -2.33. The molecule has 2 rings (SSSR count). The third-order valence-corrected chi connectivity index (χ3v) is 4.79. The van der Waals surface area contributed by atoms with Crippen LogP contribution in [0.1, 0.15) is 45.2 Å². The van der Waals surface area contributed by atoms with Crippen molar-refractivity contribution < 1.29 is 24.9 Å². The fourth-order valence-electron chi connectivity index (χ4n) is 2.98. The van der Waals surface area contributed by atoms with E-state index in [-0.39, 0.29) is 17.5 Å². The van der Waals surface area contributed by atoms with Gasteiger partial charge in [0.05, 0.1) is 0 Å². The van der Waals surface area contributed by atoms with E-state index in [2.05, 4.69) is 0 Å². The van der Waals surface area contributed by atoms with Crippen LogP contribution < -0.4 is 0 Å². The Kier molecular flexibility index (Phi) is 6.08. The van der Waals surface area contributed by atoms with Gasteiger partial charge in [0.25, 0.3) is 0 Å². The molecule has 0 bridgehead atoms. The summed E-state index contributed by atoms with van der Waals surface area (Å²) in [5.41, 5.74) is -0.526. The predicted octanol–water partition coefficient (Wildman–Crippen LogP) is 2.23. The highest BCUT2D eigenvalue weighted by atomic mass is 16.4. The Morgan fingerprint density at radius 3 is 1.85 bits per heavy atom. The number of hydrogen-bond donors (Lipinski definition) is 3. The third-order valence-electron chi connectivity index (χ3n) is 4.79. The Bertz CT molecular complexity index is 814. The van der Waals surface area contributed by atoms with Gasteiger partial charge in [-0.3, -0.25) is 9.59 Å². The van der Waals surface area contributed by atoms with Gasteiger partial charge >= 0.3 is 0 Å². The summed E-state index contributed by atoms with van der Waals surface area (Å²) in [6.07, 6.45) is -4.03. The van der Waals surface area contributed by atoms with Gasteiger partial charge in [0.2, 0.25) is 0 Å². The number of hydrogen-bond acceptors (Lipinski definition) is 5. The molecule has 5 heteroatoms. The van der Waals surface area contributed by atoms with Crippen LogP contribution in [0.15, 0.2) is 48.5 Å². The molecule has 0 aliphatic heterocycles. The number of aliphatic hydroxyl groups is 3. The molecular formula is C21H24O5. The first-order valence-corrected chi connectivity index (χ1v) is 8.52. The lowest BCUT2D eigenvalue weighted by Crippen LogP contribution is -2.56. The molecule has 2 aromatic carbocycles. The number of benzene rings is 2. The van der Waals surface area contributed by atoms with E-state index in [1.807, 2.05) is 0 Å². The summed E-state index contributed by atoms with van der Waals surface area (Å²) in [6.45, 7) is 4.94. The van der Waals surface area contributed by atoms with Gasteiger partial charge in [0.15, 0.2) is 17.2 Å². The minimum absolute atomic E-state index is 0.153. The van der Waals surface area contributed by atoms with Gasteiger partial charge < -0.3 is 15.3 Å². The third kappa shape index (κ3) is 3.60. The quantitative estimate of drug-likeness (QED) is 0.661. The molecule has 0 aliphatic rings. The molecule has 138 valence electrons. The van der Waals surface area contributed by atoms with Crippen molar-refractivity contribution in [1.29, 1.82) is 0 Å². The first kappa shape index (κ1) is 20.0. The van der Waals surface area contributed by atoms with Crippen molar-refractivity contribution >= 4 is 11.6 Å². The molecule has 0 saturated heterocycles. The van der Waals surface area contributed by atoms with Gasteiger partial charge in [-0.2, -0.15) is 0 Å². The number of carbonyl (C=O) groups excluding carboxylic acids is 2. The lowest BCUT2D eigenvalue weighted by atomic mass is 9.80. The van der Waals surface area contributed by atoms with Gasteiger partial charge in [0.1, 0.15) is 12.2 Å². The highest BCUT2D eigenvalue weighted by Crippen LogP contribution is 2.27. The molecule has 0 spiro atoms. The molecule has 0 heterocycles. The van der Waals surface area contributed by atoms with Crippen LogP contribution in [0, 0.1) is 13.8 Å². The van der Waals surface area contributed by atoms with Crippen LogP contribution >= 0.6 is 0 Å². The van der Waals surface area contributed by atoms with E-state index in [0.717, 1.165) is 0 Å². The monoisotopic (exact) mass is 356 g/mol. The van der Waals surface area contributed by atoms with Crippen molar-refractivity contribution in [2.45, 2.75) is 45.0 Å². The maximum atomic E-state index is 12.9. The highest BCUT2D eigenvalue weighted by molar-refractivity contribution is 6.06. The number of Topliss-reactive ketones (excluding diaryl/α,β-unsaturated/α-hetero) is 2. The molecule has 2 aromatic rings. The van der Waals surface area contributed by atoms with Crippen LogP contribution in [0.4, 0.5) is 0 Å². The summed E-state index contributed by atoms with van der Waals surface area (Å²) in [7, 11) is 0. The average molecular weight is 356 g/mol. The first-order chi connectivity index (χ1) is 12.2. The predicted molar refractivity (Wildman–Crippen MR) is 98.3 cm³/mol. The van der Waals surface area contributed by atoms with Crippen LogP contribution in [0.3, 0.4) is 0 Å². The van der Waals surface area contributed by atoms with Crippen molar-refractivity contribution in [1.82, 2.24) is 0 Å². The SMILES string of the molecule is CC[C@@](O)(C(=O)c1ccccc1C)[C@H](O)C(O)C(=O)c1ccccc1C. The Morgan fingerprint density at radius 2 is 1.38 bits per heavy atom. The second kappa shape index (κ2) is 7.91. The zero-order valence-corrected chi connectivity index (χ0v) is 15.1. The van der Waals surface area contributed by atoms with Crippen molar-refractivity contribution in [3.8, 4) is 0 Å². The number of aryl methyl sites for hydroxylation is 2. The molecule has 26 heavy (non-hydrogen) atoms. The Hall–Kier alpha value is -2.34. The standard InChI is InChI=1S/C21H24O5/c1-4-21(26,19(24)16-12-8-6-10-14(16)3)20(25)18(23)17(22)15-11-7-5-9-13(15)2/h5-12,18,20,23,25-26H,4H2,1-3H3/t18?,20-,21-/m1/s1. The Balaban J connectivity index is 2.36. The maximum absolute atomic E-state index is 12.9. The molecule has 0 amide bonds. The van der Waals surface area contributed by atoms with Crippen LogP contribution in [-0.4, -0.2) is 44.7 Å². The van der Waals surface area contributed by atoms with E-state index in [1.54, 1.807) is 56.3 Å². The Morgan fingerprint density at radius 1 is 0.923 bits per heavy atom. The number of rotatable bonds is 7. The molecule has 0 aliphatic carbocycles. The van der Waals surface area contributed by atoms with Crippen molar-refractivity contribution in [3.63, 3.8) is 0 Å². The summed E-state index contributed by atoms with van der Waals surface area (Å²) in [5.74, 6) is -1.46. The molecule has 1 unspecified atom stereocenters. The average Bonchev–Trinajstić information content (AvgIpc) is 2.65. The molecule has 3 atom stereocenters. The van der Waals surface area contributed by atoms with E-state index in [9.17, 15) is 24.9 Å². The van der Waals surface area contributed by atoms with Crippen molar-refractivity contribution in [3.05, 3.63) is 70.8 Å². The molecule has 0 radical (unpaired) electrons. The lowest BCUT2D eigenvalue weighted by molar-refractivity contribution is -0.0928. The van der Waals surface area contributed by atoms with E-state index in [1.165, 1.54) is 13.0 Å². The van der Waals surface area contributed by atoms with E-state index < -0.39 is 29.4 Å². The molecule has 3 N–H and O–H groups in total. The Labute approximate surface area is 152 Å². The minimum atomic E-state index is -2.27. The smallest absolute Gasteiger partial charge is 0.197 e. The second-order valence-electron chi connectivity index (χ2n) is 6.49. The summed E-state index contributed by atoms with van der Waals surface area (Å²) in [5, 5.41) is 31.8. The molecule has 0 saturated carbocycles. The van der Waals surface area contributed by atoms with E-state index >= 15 is 0 Å². The van der Waals surface area contributed by atoms with Gasteiger partial charge in [-0.1, -0.05) is 55.5 Å². The van der Waals surface area contributed by atoms with Gasteiger partial charge in [-0.05, 0) is 31.4 Å². The number of carbonyl (C=O) groups is 2. The summed E-state index contributed by atoms with van der Waals surface area (Å²) < 4.78 is 0. The van der Waals surface area contributed by atoms with Crippen LogP contribution in [-0.2, 0) is 0 Å². The van der Waals surface area contributed by atoms with Crippen LogP contribution in [0.5, 0.6) is 0 Å². The first-order valence-electron chi connectivity index (χ1n) is 8.52. The van der Waals surface area contributed by atoms with Crippen LogP contribution in [0.2, 0.25) is 0 Å². The zero-order valence-electron chi connectivity index (χ0n) is 15.1. The number of ketones is 2. The topological polar surface area (TPSA) is 94.8 Å². The summed E-state index contributed by atoms with van der Waals surface area (Å²) >= 11 is 0.